The molecule has 7 heteroatoms. The van der Waals surface area contributed by atoms with Gasteiger partial charge in [0.25, 0.3) is 0 Å². The van der Waals surface area contributed by atoms with Crippen LogP contribution >= 0.6 is 0 Å². The average Bonchev–Trinajstić information content (AvgIpc) is 2.99. The van der Waals surface area contributed by atoms with E-state index >= 15 is 0 Å². The number of aryl methyl sites for hydroxylation is 1. The van der Waals surface area contributed by atoms with Gasteiger partial charge in [0.15, 0.2) is 5.82 Å². The zero-order valence-corrected chi connectivity index (χ0v) is 18.5. The van der Waals surface area contributed by atoms with E-state index in [9.17, 15) is 4.79 Å². The minimum absolute atomic E-state index is 0.125. The van der Waals surface area contributed by atoms with Crippen LogP contribution in [0.3, 0.4) is 0 Å². The third-order valence-corrected chi connectivity index (χ3v) is 6.27. The van der Waals surface area contributed by atoms with Gasteiger partial charge in [-0.2, -0.15) is 4.98 Å². The number of piperidine rings is 1. The van der Waals surface area contributed by atoms with E-state index in [-0.39, 0.29) is 12.1 Å². The van der Waals surface area contributed by atoms with Crippen molar-refractivity contribution in [2.75, 3.05) is 19.6 Å². The molecule has 1 N–H and O–H groups in total. The molecule has 0 bridgehead atoms. The third kappa shape index (κ3) is 6.43. The van der Waals surface area contributed by atoms with Crippen LogP contribution in [-0.2, 0) is 13.0 Å². The van der Waals surface area contributed by atoms with E-state index in [0.717, 1.165) is 82.8 Å². The fourth-order valence-electron chi connectivity index (χ4n) is 4.68. The van der Waals surface area contributed by atoms with E-state index in [1.807, 2.05) is 13.8 Å². The van der Waals surface area contributed by atoms with Gasteiger partial charge in [0, 0.05) is 25.0 Å². The Labute approximate surface area is 175 Å². The molecule has 2 amide bonds. The minimum Gasteiger partial charge on any atom is -0.338 e. The molecule has 2 fully saturated rings. The molecular weight excluding hydrogens is 366 g/mol. The molecule has 0 radical (unpaired) electrons. The third-order valence-electron chi connectivity index (χ3n) is 6.27. The Morgan fingerprint density at radius 3 is 2.69 bits per heavy atom. The topological polar surface area (TPSA) is 74.5 Å². The number of unbranched alkanes of at least 4 members (excludes halogenated alkanes) is 1. The van der Waals surface area contributed by atoms with Crippen LogP contribution < -0.4 is 5.32 Å². The van der Waals surface area contributed by atoms with Crippen molar-refractivity contribution in [2.45, 2.75) is 97.2 Å². The van der Waals surface area contributed by atoms with E-state index in [0.29, 0.717) is 12.0 Å². The quantitative estimate of drug-likeness (QED) is 0.742. The van der Waals surface area contributed by atoms with E-state index in [4.69, 9.17) is 4.52 Å². The summed E-state index contributed by atoms with van der Waals surface area (Å²) in [7, 11) is 0. The molecule has 0 spiro atoms. The molecule has 0 saturated carbocycles. The number of carbonyl (C=O) groups excluding carboxylic acids is 1. The Balaban J connectivity index is 1.52. The predicted molar refractivity (Wildman–Crippen MR) is 114 cm³/mol. The van der Waals surface area contributed by atoms with Crippen molar-refractivity contribution in [1.29, 1.82) is 0 Å². The van der Waals surface area contributed by atoms with E-state index in [1.165, 1.54) is 12.8 Å². The summed E-state index contributed by atoms with van der Waals surface area (Å²) >= 11 is 0. The molecular formula is C22H39N5O2. The number of nitrogens with zero attached hydrogens (tertiary/aromatic N) is 4. The standard InChI is InChI=1S/C22H39N5O2/c1-4-5-10-20-24-21(29-25-20)16-26-14-11-18(12-15-26)19-9-7-6-8-13-27(19)22(28)23-17(2)3/h17-19H,4-16H2,1-3H3,(H,23,28)/t19-/m1/s1. The van der Waals surface area contributed by atoms with Gasteiger partial charge in [0.1, 0.15) is 0 Å². The maximum atomic E-state index is 12.8. The maximum Gasteiger partial charge on any atom is 0.317 e. The van der Waals surface area contributed by atoms with Crippen LogP contribution in [0.5, 0.6) is 0 Å². The number of hydrogen-bond donors (Lipinski definition) is 1. The van der Waals surface area contributed by atoms with Gasteiger partial charge >= 0.3 is 6.03 Å². The van der Waals surface area contributed by atoms with Crippen molar-refractivity contribution in [3.8, 4) is 0 Å². The summed E-state index contributed by atoms with van der Waals surface area (Å²) in [4.78, 5) is 21.9. The summed E-state index contributed by atoms with van der Waals surface area (Å²) in [5, 5.41) is 7.22. The van der Waals surface area contributed by atoms with Gasteiger partial charge in [-0.05, 0) is 65.0 Å². The van der Waals surface area contributed by atoms with E-state index < -0.39 is 0 Å². The number of urea groups is 1. The van der Waals surface area contributed by atoms with E-state index in [2.05, 4.69) is 32.2 Å². The number of hydrogen-bond acceptors (Lipinski definition) is 5. The summed E-state index contributed by atoms with van der Waals surface area (Å²) in [6.45, 7) is 9.96. The highest BCUT2D eigenvalue weighted by Gasteiger charge is 2.34. The largest absolute Gasteiger partial charge is 0.338 e. The highest BCUT2D eigenvalue weighted by Crippen LogP contribution is 2.30. The Hall–Kier alpha value is -1.63. The maximum absolute atomic E-state index is 12.8. The second-order valence-corrected chi connectivity index (χ2v) is 9.04. The first kappa shape index (κ1) is 22.1. The number of amides is 2. The summed E-state index contributed by atoms with van der Waals surface area (Å²) in [6, 6.07) is 0.687. The van der Waals surface area contributed by atoms with Crippen LogP contribution in [0.15, 0.2) is 4.52 Å². The van der Waals surface area contributed by atoms with Crippen LogP contribution in [0.2, 0.25) is 0 Å². The summed E-state index contributed by atoms with van der Waals surface area (Å²) in [5.74, 6) is 2.16. The second-order valence-electron chi connectivity index (χ2n) is 9.04. The highest BCUT2D eigenvalue weighted by molar-refractivity contribution is 5.74. The molecule has 3 rings (SSSR count). The highest BCUT2D eigenvalue weighted by atomic mass is 16.5. The predicted octanol–water partition coefficient (Wildman–Crippen LogP) is 3.99. The summed E-state index contributed by atoms with van der Waals surface area (Å²) < 4.78 is 5.45. The van der Waals surface area contributed by atoms with Gasteiger partial charge in [-0.25, -0.2) is 4.79 Å². The molecule has 7 nitrogen and oxygen atoms in total. The fourth-order valence-corrected chi connectivity index (χ4v) is 4.68. The molecule has 0 aliphatic carbocycles. The lowest BCUT2D eigenvalue weighted by atomic mass is 9.86. The van der Waals surface area contributed by atoms with Crippen LogP contribution in [0, 0.1) is 5.92 Å². The van der Waals surface area contributed by atoms with Gasteiger partial charge in [-0.3, -0.25) is 4.90 Å². The van der Waals surface area contributed by atoms with Crippen LogP contribution in [0.1, 0.15) is 83.9 Å². The molecule has 2 aliphatic heterocycles. The molecule has 1 aromatic heterocycles. The Bertz CT molecular complexity index is 624. The molecule has 3 heterocycles. The van der Waals surface area contributed by atoms with Crippen molar-refractivity contribution in [3.63, 3.8) is 0 Å². The number of aromatic nitrogens is 2. The number of likely N-dealkylation sites (tertiary alicyclic amines) is 2. The second kappa shape index (κ2) is 11.0. The molecule has 1 aromatic rings. The first-order valence-corrected chi connectivity index (χ1v) is 11.7. The lowest BCUT2D eigenvalue weighted by molar-refractivity contribution is 0.0927. The van der Waals surface area contributed by atoms with Crippen molar-refractivity contribution >= 4 is 6.03 Å². The van der Waals surface area contributed by atoms with Gasteiger partial charge in [-0.15, -0.1) is 0 Å². The lowest BCUT2D eigenvalue weighted by Gasteiger charge is -2.40. The van der Waals surface area contributed by atoms with Crippen molar-refractivity contribution in [3.05, 3.63) is 11.7 Å². The summed E-state index contributed by atoms with van der Waals surface area (Å²) in [6.07, 6.45) is 10.1. The van der Waals surface area contributed by atoms with Gasteiger partial charge in [-0.1, -0.05) is 31.3 Å². The minimum atomic E-state index is 0.125. The zero-order chi connectivity index (χ0) is 20.6. The van der Waals surface area contributed by atoms with Crippen molar-refractivity contribution in [1.82, 2.24) is 25.3 Å². The fraction of sp³-hybridized carbons (Fsp3) is 0.864. The number of rotatable bonds is 7. The molecule has 2 saturated heterocycles. The molecule has 0 aromatic carbocycles. The van der Waals surface area contributed by atoms with Crippen molar-refractivity contribution in [2.24, 2.45) is 5.92 Å². The van der Waals surface area contributed by atoms with Crippen LogP contribution in [0.4, 0.5) is 4.79 Å². The zero-order valence-electron chi connectivity index (χ0n) is 18.5. The van der Waals surface area contributed by atoms with E-state index in [1.54, 1.807) is 0 Å². The molecule has 164 valence electrons. The molecule has 1 atom stereocenters. The number of carbonyl (C=O) groups is 1. The van der Waals surface area contributed by atoms with Crippen LogP contribution in [0.25, 0.3) is 0 Å². The normalized spacial score (nSPS) is 22.1. The monoisotopic (exact) mass is 405 g/mol. The van der Waals surface area contributed by atoms with Crippen molar-refractivity contribution < 1.29 is 9.32 Å². The van der Waals surface area contributed by atoms with Gasteiger partial charge in [0.2, 0.25) is 5.89 Å². The Morgan fingerprint density at radius 2 is 1.97 bits per heavy atom. The lowest BCUT2D eigenvalue weighted by Crippen LogP contribution is -2.52. The molecule has 0 unspecified atom stereocenters. The molecule has 2 aliphatic rings. The Kier molecular flexibility index (Phi) is 8.33. The van der Waals surface area contributed by atoms with Gasteiger partial charge in [0.05, 0.1) is 6.54 Å². The molecule has 29 heavy (non-hydrogen) atoms. The Morgan fingerprint density at radius 1 is 1.17 bits per heavy atom. The first-order valence-electron chi connectivity index (χ1n) is 11.7. The average molecular weight is 406 g/mol. The SMILES string of the molecule is CCCCc1noc(CN2CCC([C@H]3CCCCCN3C(=O)NC(C)C)CC2)n1. The van der Waals surface area contributed by atoms with Crippen LogP contribution in [-0.4, -0.2) is 57.7 Å². The van der Waals surface area contributed by atoms with Gasteiger partial charge < -0.3 is 14.7 Å². The first-order chi connectivity index (χ1) is 14.1. The smallest absolute Gasteiger partial charge is 0.317 e. The number of nitrogens with one attached hydrogen (secondary N) is 1. The summed E-state index contributed by atoms with van der Waals surface area (Å²) in [5.41, 5.74) is 0.